The second kappa shape index (κ2) is 4.77. The number of hydrogen-bond acceptors (Lipinski definition) is 3. The van der Waals surface area contributed by atoms with Gasteiger partial charge in [0.2, 0.25) is 0 Å². The van der Waals surface area contributed by atoms with Crippen LogP contribution in [-0.2, 0) is 0 Å². The number of hydrogen-bond donors (Lipinski definition) is 2. The average Bonchev–Trinajstić information content (AvgIpc) is 2.09. The first-order valence-corrected chi connectivity index (χ1v) is 4.58. The van der Waals surface area contributed by atoms with E-state index < -0.39 is 0 Å². The highest BCUT2D eigenvalue weighted by atomic mass is 35.5. The molecule has 0 saturated heterocycles. The molecule has 1 aromatic heterocycles. The number of aliphatic hydroxyl groups excluding tert-OH is 1. The molecule has 1 aromatic rings. The van der Waals surface area contributed by atoms with Crippen molar-refractivity contribution >= 4 is 23.2 Å². The minimum Gasteiger partial charge on any atom is -0.396 e. The van der Waals surface area contributed by atoms with Crippen LogP contribution in [0, 0.1) is 0 Å². The van der Waals surface area contributed by atoms with Crippen LogP contribution in [-0.4, -0.2) is 16.7 Å². The largest absolute Gasteiger partial charge is 0.396 e. The van der Waals surface area contributed by atoms with E-state index in [1.807, 2.05) is 0 Å². The fourth-order valence-corrected chi connectivity index (χ4v) is 1.42. The van der Waals surface area contributed by atoms with E-state index >= 15 is 0 Å². The number of pyridine rings is 1. The molecule has 0 fully saturated rings. The quantitative estimate of drug-likeness (QED) is 0.764. The van der Waals surface area contributed by atoms with Crippen molar-refractivity contribution in [1.82, 2.24) is 4.98 Å². The van der Waals surface area contributed by atoms with Crippen molar-refractivity contribution in [3.63, 3.8) is 0 Å². The highest BCUT2D eigenvalue weighted by Gasteiger charge is 2.10. The van der Waals surface area contributed by atoms with Crippen molar-refractivity contribution in [2.75, 3.05) is 6.61 Å². The lowest BCUT2D eigenvalue weighted by Gasteiger charge is -2.11. The van der Waals surface area contributed by atoms with Crippen LogP contribution in [0.5, 0.6) is 0 Å². The lowest BCUT2D eigenvalue weighted by molar-refractivity contribution is 0.276. The summed E-state index contributed by atoms with van der Waals surface area (Å²) in [5.41, 5.74) is 6.46. The van der Waals surface area contributed by atoms with Crippen molar-refractivity contribution in [3.8, 4) is 0 Å². The van der Waals surface area contributed by atoms with Gasteiger partial charge in [-0.1, -0.05) is 23.2 Å². The van der Waals surface area contributed by atoms with E-state index in [0.717, 1.165) is 5.56 Å². The molecule has 0 spiro atoms. The summed E-state index contributed by atoms with van der Waals surface area (Å²) < 4.78 is 0. The monoisotopic (exact) mass is 220 g/mol. The molecule has 5 heteroatoms. The minimum atomic E-state index is -0.294. The molecule has 1 atom stereocenters. The van der Waals surface area contributed by atoms with Crippen molar-refractivity contribution in [2.45, 2.75) is 12.5 Å². The fraction of sp³-hybridized carbons (Fsp3) is 0.375. The molecule has 1 unspecified atom stereocenters. The molecule has 0 aromatic carbocycles. The second-order valence-electron chi connectivity index (χ2n) is 2.65. The first-order chi connectivity index (χ1) is 6.15. The lowest BCUT2D eigenvalue weighted by atomic mass is 10.1. The Morgan fingerprint density at radius 3 is 2.85 bits per heavy atom. The Labute approximate surface area is 86.5 Å². The molecule has 1 rings (SSSR count). The van der Waals surface area contributed by atoms with Gasteiger partial charge in [0.05, 0.1) is 5.02 Å². The van der Waals surface area contributed by atoms with E-state index in [0.29, 0.717) is 16.6 Å². The Balaban J connectivity index is 2.91. The predicted octanol–water partition coefficient (Wildman–Crippen LogP) is 1.77. The van der Waals surface area contributed by atoms with Gasteiger partial charge in [0, 0.05) is 18.8 Å². The molecule has 3 nitrogen and oxygen atoms in total. The highest BCUT2D eigenvalue weighted by molar-refractivity contribution is 6.32. The third kappa shape index (κ3) is 2.81. The van der Waals surface area contributed by atoms with Crippen LogP contribution < -0.4 is 5.73 Å². The molecule has 3 N–H and O–H groups in total. The summed E-state index contributed by atoms with van der Waals surface area (Å²) in [6.45, 7) is 0.0252. The van der Waals surface area contributed by atoms with Gasteiger partial charge in [0.1, 0.15) is 5.15 Å². The van der Waals surface area contributed by atoms with Crippen molar-refractivity contribution in [3.05, 3.63) is 28.0 Å². The molecule has 1 heterocycles. The smallest absolute Gasteiger partial charge is 0.129 e. The van der Waals surface area contributed by atoms with Gasteiger partial charge >= 0.3 is 0 Å². The van der Waals surface area contributed by atoms with Crippen molar-refractivity contribution in [1.29, 1.82) is 0 Å². The number of rotatable bonds is 3. The van der Waals surface area contributed by atoms with E-state index in [1.54, 1.807) is 6.07 Å². The predicted molar refractivity (Wildman–Crippen MR) is 52.9 cm³/mol. The van der Waals surface area contributed by atoms with Crippen molar-refractivity contribution in [2.24, 2.45) is 5.73 Å². The van der Waals surface area contributed by atoms with Gasteiger partial charge < -0.3 is 10.8 Å². The molecule has 0 aliphatic rings. The number of halogens is 2. The summed E-state index contributed by atoms with van der Waals surface area (Å²) in [5, 5.41) is 9.52. The van der Waals surface area contributed by atoms with Gasteiger partial charge in [-0.25, -0.2) is 4.98 Å². The van der Waals surface area contributed by atoms with Gasteiger partial charge in [-0.15, -0.1) is 0 Å². The van der Waals surface area contributed by atoms with Crippen LogP contribution >= 0.6 is 23.2 Å². The van der Waals surface area contributed by atoms with Gasteiger partial charge in [0.25, 0.3) is 0 Å². The molecule has 0 saturated carbocycles. The lowest BCUT2D eigenvalue weighted by Crippen LogP contribution is -2.12. The highest BCUT2D eigenvalue weighted by Crippen LogP contribution is 2.24. The molecule has 0 aliphatic carbocycles. The Hall–Kier alpha value is -0.350. The van der Waals surface area contributed by atoms with E-state index in [4.69, 9.17) is 34.0 Å². The number of nitrogens with zero attached hydrogens (tertiary/aromatic N) is 1. The number of aromatic nitrogens is 1. The summed E-state index contributed by atoms with van der Waals surface area (Å²) in [4.78, 5) is 3.80. The van der Waals surface area contributed by atoms with Crippen LogP contribution in [0.4, 0.5) is 0 Å². The third-order valence-electron chi connectivity index (χ3n) is 1.69. The van der Waals surface area contributed by atoms with Gasteiger partial charge in [0.15, 0.2) is 0 Å². The first kappa shape index (κ1) is 10.7. The summed E-state index contributed by atoms with van der Waals surface area (Å²) >= 11 is 11.5. The number of aliphatic hydroxyl groups is 1. The van der Waals surface area contributed by atoms with Crippen LogP contribution in [0.25, 0.3) is 0 Å². The number of nitrogens with two attached hydrogens (primary N) is 1. The molecular formula is C8H10Cl2N2O. The van der Waals surface area contributed by atoms with Crippen molar-refractivity contribution < 1.29 is 5.11 Å². The van der Waals surface area contributed by atoms with Gasteiger partial charge in [-0.3, -0.25) is 0 Å². The summed E-state index contributed by atoms with van der Waals surface area (Å²) in [6, 6.07) is 1.32. The minimum absolute atomic E-state index is 0.0252. The zero-order valence-electron chi connectivity index (χ0n) is 6.87. The molecule has 0 aliphatic heterocycles. The molecule has 0 radical (unpaired) electrons. The van der Waals surface area contributed by atoms with Gasteiger partial charge in [-0.05, 0) is 18.1 Å². The van der Waals surface area contributed by atoms with E-state index in [9.17, 15) is 0 Å². The second-order valence-corrected chi connectivity index (χ2v) is 3.44. The maximum absolute atomic E-state index is 8.69. The van der Waals surface area contributed by atoms with E-state index in [1.165, 1.54) is 6.20 Å². The Morgan fingerprint density at radius 2 is 2.23 bits per heavy atom. The Kier molecular flexibility index (Phi) is 3.93. The van der Waals surface area contributed by atoms with E-state index in [-0.39, 0.29) is 12.6 Å². The van der Waals surface area contributed by atoms with E-state index in [2.05, 4.69) is 4.98 Å². The zero-order chi connectivity index (χ0) is 9.84. The Morgan fingerprint density at radius 1 is 1.54 bits per heavy atom. The first-order valence-electron chi connectivity index (χ1n) is 3.82. The molecule has 72 valence electrons. The molecular weight excluding hydrogens is 211 g/mol. The maximum Gasteiger partial charge on any atom is 0.129 e. The normalized spacial score (nSPS) is 12.9. The molecule has 13 heavy (non-hydrogen) atoms. The summed E-state index contributed by atoms with van der Waals surface area (Å²) in [6.07, 6.45) is 1.91. The maximum atomic E-state index is 8.69. The average molecular weight is 221 g/mol. The topological polar surface area (TPSA) is 59.1 Å². The third-order valence-corrected chi connectivity index (χ3v) is 2.21. The fourth-order valence-electron chi connectivity index (χ4n) is 1.01. The summed E-state index contributed by atoms with van der Waals surface area (Å²) in [7, 11) is 0. The Bertz CT molecular complexity index is 293. The summed E-state index contributed by atoms with van der Waals surface area (Å²) in [5.74, 6) is 0. The van der Waals surface area contributed by atoms with Crippen LogP contribution in [0.1, 0.15) is 18.0 Å². The molecule has 0 amide bonds. The van der Waals surface area contributed by atoms with Crippen LogP contribution in [0.3, 0.4) is 0 Å². The van der Waals surface area contributed by atoms with Gasteiger partial charge in [-0.2, -0.15) is 0 Å². The molecule has 0 bridgehead atoms. The van der Waals surface area contributed by atoms with Crippen LogP contribution in [0.15, 0.2) is 12.3 Å². The zero-order valence-corrected chi connectivity index (χ0v) is 8.39. The standard InChI is InChI=1S/C8H10Cl2N2O/c9-6-4-12-8(10)3-5(6)7(11)1-2-13/h3-4,7,13H,1-2,11H2. The SMILES string of the molecule is NC(CCO)c1cc(Cl)ncc1Cl. The van der Waals surface area contributed by atoms with Crippen LogP contribution in [0.2, 0.25) is 10.2 Å².